The van der Waals surface area contributed by atoms with Crippen molar-refractivity contribution in [1.82, 2.24) is 20.2 Å². The van der Waals surface area contributed by atoms with Crippen molar-refractivity contribution in [3.63, 3.8) is 0 Å². The Morgan fingerprint density at radius 3 is 2.24 bits per heavy atom. The lowest BCUT2D eigenvalue weighted by Crippen LogP contribution is -2.64. The van der Waals surface area contributed by atoms with Crippen LogP contribution in [0.25, 0.3) is 0 Å². The third kappa shape index (κ3) is 3.91. The van der Waals surface area contributed by atoms with Crippen molar-refractivity contribution in [2.24, 2.45) is 0 Å². The molecule has 102 valence electrons. The summed E-state index contributed by atoms with van der Waals surface area (Å²) in [4.78, 5) is 5.24. The molecule has 2 rings (SSSR count). The molecule has 2 aliphatic rings. The second-order valence-corrected chi connectivity index (χ2v) is 4.95. The van der Waals surface area contributed by atoms with E-state index in [2.05, 4.69) is 34.1 Å². The SMILES string of the molecule is CC.CNN1CCN2CCN(C(C)C)CC2C1. The Balaban J connectivity index is 0.000000686. The molecular weight excluding hydrogens is 212 g/mol. The molecule has 4 nitrogen and oxygen atoms in total. The molecule has 1 N–H and O–H groups in total. The van der Waals surface area contributed by atoms with Crippen LogP contribution in [0.2, 0.25) is 0 Å². The van der Waals surface area contributed by atoms with Crippen molar-refractivity contribution in [1.29, 1.82) is 0 Å². The number of rotatable bonds is 2. The largest absolute Gasteiger partial charge is 0.298 e. The number of piperazine rings is 2. The van der Waals surface area contributed by atoms with Gasteiger partial charge in [-0.2, -0.15) is 0 Å². The summed E-state index contributed by atoms with van der Waals surface area (Å²) >= 11 is 0. The lowest BCUT2D eigenvalue weighted by atomic mass is 10.1. The van der Waals surface area contributed by atoms with E-state index in [1.165, 1.54) is 32.7 Å². The van der Waals surface area contributed by atoms with Crippen LogP contribution in [0, 0.1) is 0 Å². The average molecular weight is 242 g/mol. The molecule has 0 aliphatic carbocycles. The van der Waals surface area contributed by atoms with Gasteiger partial charge in [0.05, 0.1) is 0 Å². The molecule has 0 saturated carbocycles. The first-order chi connectivity index (χ1) is 8.20. The Hall–Kier alpha value is -0.160. The first-order valence-electron chi connectivity index (χ1n) is 7.11. The maximum Gasteiger partial charge on any atom is 0.0365 e. The maximum absolute atomic E-state index is 3.27. The van der Waals surface area contributed by atoms with Gasteiger partial charge in [0.25, 0.3) is 0 Å². The number of hydrazine groups is 1. The molecule has 17 heavy (non-hydrogen) atoms. The minimum Gasteiger partial charge on any atom is -0.298 e. The molecule has 2 heterocycles. The molecule has 0 radical (unpaired) electrons. The van der Waals surface area contributed by atoms with Crippen LogP contribution in [0.1, 0.15) is 27.7 Å². The Morgan fingerprint density at radius 2 is 1.65 bits per heavy atom. The van der Waals surface area contributed by atoms with Crippen LogP contribution in [0.4, 0.5) is 0 Å². The second kappa shape index (κ2) is 7.31. The molecule has 0 bridgehead atoms. The van der Waals surface area contributed by atoms with Gasteiger partial charge in [0, 0.05) is 51.4 Å². The Bertz CT molecular complexity index is 208. The molecule has 4 heteroatoms. The maximum atomic E-state index is 3.27. The van der Waals surface area contributed by atoms with E-state index in [1.54, 1.807) is 0 Å². The van der Waals surface area contributed by atoms with Crippen LogP contribution in [0.5, 0.6) is 0 Å². The van der Waals surface area contributed by atoms with Crippen LogP contribution in [0.15, 0.2) is 0 Å². The summed E-state index contributed by atoms with van der Waals surface area (Å²) in [5, 5.41) is 2.34. The average Bonchev–Trinajstić information content (AvgIpc) is 2.39. The predicted molar refractivity (Wildman–Crippen MR) is 74.1 cm³/mol. The van der Waals surface area contributed by atoms with E-state index in [0.29, 0.717) is 6.04 Å². The third-order valence-electron chi connectivity index (χ3n) is 3.77. The molecule has 1 unspecified atom stereocenters. The van der Waals surface area contributed by atoms with Gasteiger partial charge < -0.3 is 0 Å². The smallest absolute Gasteiger partial charge is 0.0365 e. The fraction of sp³-hybridized carbons (Fsp3) is 1.00. The monoisotopic (exact) mass is 242 g/mol. The van der Waals surface area contributed by atoms with Crippen LogP contribution < -0.4 is 5.43 Å². The highest BCUT2D eigenvalue weighted by Crippen LogP contribution is 2.16. The molecule has 0 aromatic heterocycles. The molecule has 0 aromatic carbocycles. The first-order valence-corrected chi connectivity index (χ1v) is 7.11. The van der Waals surface area contributed by atoms with Crippen molar-refractivity contribution in [3.8, 4) is 0 Å². The fourth-order valence-corrected chi connectivity index (χ4v) is 2.65. The molecule has 0 spiro atoms. The van der Waals surface area contributed by atoms with Crippen LogP contribution in [0.3, 0.4) is 0 Å². The second-order valence-electron chi connectivity index (χ2n) is 4.95. The first kappa shape index (κ1) is 14.9. The predicted octanol–water partition coefficient (Wildman–Crippen LogP) is 0.857. The highest BCUT2D eigenvalue weighted by molar-refractivity contribution is 4.88. The minimum absolute atomic E-state index is 0.692. The zero-order valence-electron chi connectivity index (χ0n) is 12.2. The summed E-state index contributed by atoms with van der Waals surface area (Å²) < 4.78 is 0. The van der Waals surface area contributed by atoms with Gasteiger partial charge in [0.2, 0.25) is 0 Å². The number of nitrogens with zero attached hydrogens (tertiary/aromatic N) is 3. The van der Waals surface area contributed by atoms with Crippen molar-refractivity contribution in [3.05, 3.63) is 0 Å². The van der Waals surface area contributed by atoms with Gasteiger partial charge in [-0.1, -0.05) is 13.8 Å². The van der Waals surface area contributed by atoms with Crippen molar-refractivity contribution in [2.45, 2.75) is 39.8 Å². The number of hydrogen-bond acceptors (Lipinski definition) is 4. The summed E-state index contributed by atoms with van der Waals surface area (Å²) in [5.74, 6) is 0. The zero-order valence-corrected chi connectivity index (χ0v) is 12.2. The summed E-state index contributed by atoms with van der Waals surface area (Å²) in [6.07, 6.45) is 0. The van der Waals surface area contributed by atoms with Gasteiger partial charge in [-0.05, 0) is 20.9 Å². The van der Waals surface area contributed by atoms with E-state index >= 15 is 0 Å². The highest BCUT2D eigenvalue weighted by Gasteiger charge is 2.32. The van der Waals surface area contributed by atoms with Crippen LogP contribution in [-0.2, 0) is 0 Å². The molecule has 0 amide bonds. The topological polar surface area (TPSA) is 21.8 Å². The molecule has 2 saturated heterocycles. The van der Waals surface area contributed by atoms with E-state index in [1.807, 2.05) is 20.9 Å². The normalized spacial score (nSPS) is 27.5. The molecule has 1 atom stereocenters. The van der Waals surface area contributed by atoms with Gasteiger partial charge >= 0.3 is 0 Å². The lowest BCUT2D eigenvalue weighted by molar-refractivity contribution is -0.0113. The Kier molecular flexibility index (Phi) is 6.41. The summed E-state index contributed by atoms with van der Waals surface area (Å²) in [6, 6.07) is 1.42. The molecule has 2 fully saturated rings. The quantitative estimate of drug-likeness (QED) is 0.775. The van der Waals surface area contributed by atoms with Gasteiger partial charge in [-0.3, -0.25) is 15.2 Å². The van der Waals surface area contributed by atoms with Crippen molar-refractivity contribution < 1.29 is 0 Å². The summed E-state index contributed by atoms with van der Waals surface area (Å²) in [5.41, 5.74) is 3.27. The van der Waals surface area contributed by atoms with Gasteiger partial charge in [-0.25, -0.2) is 5.01 Å². The standard InChI is InChI=1S/C11H24N4.C2H6/c1-10(2)14-5-4-13-6-7-15(12-3)9-11(13)8-14;1-2/h10-12H,4-9H2,1-3H3;1-2H3. The van der Waals surface area contributed by atoms with E-state index < -0.39 is 0 Å². The Morgan fingerprint density at radius 1 is 1.00 bits per heavy atom. The van der Waals surface area contributed by atoms with Crippen LogP contribution in [-0.4, -0.2) is 73.2 Å². The third-order valence-corrected chi connectivity index (χ3v) is 3.77. The molecule has 0 aromatic rings. The zero-order chi connectivity index (χ0) is 12.8. The van der Waals surface area contributed by atoms with Gasteiger partial charge in [-0.15, -0.1) is 0 Å². The minimum atomic E-state index is 0.692. The fourth-order valence-electron chi connectivity index (χ4n) is 2.65. The van der Waals surface area contributed by atoms with E-state index in [-0.39, 0.29) is 0 Å². The Labute approximate surface area is 107 Å². The number of fused-ring (bicyclic) bond motifs is 1. The van der Waals surface area contributed by atoms with E-state index in [9.17, 15) is 0 Å². The van der Waals surface area contributed by atoms with Gasteiger partial charge in [0.1, 0.15) is 0 Å². The lowest BCUT2D eigenvalue weighted by Gasteiger charge is -2.48. The van der Waals surface area contributed by atoms with E-state index in [0.717, 1.165) is 12.6 Å². The number of nitrogens with one attached hydrogen (secondary N) is 1. The van der Waals surface area contributed by atoms with Crippen molar-refractivity contribution in [2.75, 3.05) is 46.3 Å². The van der Waals surface area contributed by atoms with E-state index in [4.69, 9.17) is 0 Å². The highest BCUT2D eigenvalue weighted by atomic mass is 15.5. The van der Waals surface area contributed by atoms with Gasteiger partial charge in [0.15, 0.2) is 0 Å². The molecule has 2 aliphatic heterocycles. The summed E-state index contributed by atoms with van der Waals surface area (Å²) in [7, 11) is 2.03. The van der Waals surface area contributed by atoms with Crippen molar-refractivity contribution >= 4 is 0 Å². The summed E-state index contributed by atoms with van der Waals surface area (Å²) in [6.45, 7) is 15.9. The molecular formula is C13H30N4. The number of hydrogen-bond donors (Lipinski definition) is 1. The van der Waals surface area contributed by atoms with Crippen LogP contribution >= 0.6 is 0 Å².